The van der Waals surface area contributed by atoms with Crippen LogP contribution >= 0.6 is 0 Å². The van der Waals surface area contributed by atoms with Gasteiger partial charge in [0, 0.05) is 74.2 Å². The fourth-order valence-electron chi connectivity index (χ4n) is 8.28. The lowest BCUT2D eigenvalue weighted by Crippen LogP contribution is -2.71. The van der Waals surface area contributed by atoms with Crippen molar-refractivity contribution >= 4 is 21.5 Å². The summed E-state index contributed by atoms with van der Waals surface area (Å²) in [5, 5.41) is 24.3. The quantitative estimate of drug-likeness (QED) is 0.404. The third-order valence-corrected chi connectivity index (χ3v) is 12.5. The number of nitrogens with zero attached hydrogens (tertiary/aromatic N) is 8. The minimum atomic E-state index is -3.39. The zero-order valence-corrected chi connectivity index (χ0v) is 25.5. The lowest BCUT2D eigenvalue weighted by molar-refractivity contribution is 0.0287. The van der Waals surface area contributed by atoms with Crippen molar-refractivity contribution in [3.63, 3.8) is 0 Å². The number of rotatable bonds is 8. The first-order valence-corrected chi connectivity index (χ1v) is 17.3. The lowest BCUT2D eigenvalue weighted by atomic mass is 9.91. The van der Waals surface area contributed by atoms with Gasteiger partial charge in [0.25, 0.3) is 10.2 Å². The van der Waals surface area contributed by atoms with E-state index in [4.69, 9.17) is 9.72 Å². The van der Waals surface area contributed by atoms with Gasteiger partial charge in [-0.3, -0.25) is 4.90 Å². The zero-order valence-electron chi connectivity index (χ0n) is 24.7. The molecule has 3 aromatic rings. The van der Waals surface area contributed by atoms with Crippen molar-refractivity contribution in [2.24, 2.45) is 0 Å². The van der Waals surface area contributed by atoms with Crippen molar-refractivity contribution in [1.82, 2.24) is 28.1 Å². The molecular formula is C31H38N8O4S. The molecule has 0 radical (unpaired) electrons. The number of hydrogen-bond donors (Lipinski definition) is 1. The van der Waals surface area contributed by atoms with Crippen molar-refractivity contribution in [2.45, 2.75) is 75.2 Å². The first kappa shape index (κ1) is 28.2. The van der Waals surface area contributed by atoms with Crippen molar-refractivity contribution in [2.75, 3.05) is 44.2 Å². The van der Waals surface area contributed by atoms with E-state index in [0.29, 0.717) is 61.7 Å². The summed E-state index contributed by atoms with van der Waals surface area (Å²) in [5.74, 6) is 1.49. The van der Waals surface area contributed by atoms with Crippen LogP contribution in [-0.4, -0.2) is 111 Å². The van der Waals surface area contributed by atoms with E-state index < -0.39 is 10.2 Å². The monoisotopic (exact) mass is 618 g/mol. The van der Waals surface area contributed by atoms with E-state index in [1.807, 2.05) is 30.6 Å². The summed E-state index contributed by atoms with van der Waals surface area (Å²) in [4.78, 5) is 9.46. The topological polar surface area (TPSA) is 131 Å². The fourth-order valence-corrected chi connectivity index (χ4v) is 10.3. The van der Waals surface area contributed by atoms with Gasteiger partial charge >= 0.3 is 0 Å². The van der Waals surface area contributed by atoms with Crippen molar-refractivity contribution in [3.8, 4) is 22.9 Å². The Morgan fingerprint density at radius 3 is 2.45 bits per heavy atom. The number of nitriles is 1. The summed E-state index contributed by atoms with van der Waals surface area (Å²) in [6.45, 7) is 3.84. The highest BCUT2D eigenvalue weighted by Gasteiger charge is 2.53. The van der Waals surface area contributed by atoms with Crippen LogP contribution in [0, 0.1) is 11.3 Å². The molecule has 13 heteroatoms. The van der Waals surface area contributed by atoms with Crippen LogP contribution in [0.25, 0.3) is 16.6 Å². The van der Waals surface area contributed by atoms with Crippen LogP contribution in [0.3, 0.4) is 0 Å². The number of aliphatic hydroxyl groups excluding tert-OH is 1. The summed E-state index contributed by atoms with van der Waals surface area (Å²) in [6.07, 6.45) is 11.8. The molecule has 1 N–H and O–H groups in total. The number of piperazine rings is 1. The first-order chi connectivity index (χ1) is 21.4. The maximum absolute atomic E-state index is 13.2. The van der Waals surface area contributed by atoms with Gasteiger partial charge in [-0.25, -0.2) is 9.50 Å². The molecule has 0 spiro atoms. The molecule has 6 aliphatic rings. The lowest BCUT2D eigenvalue weighted by Gasteiger charge is -2.55. The van der Waals surface area contributed by atoms with Crippen LogP contribution in [0.2, 0.25) is 0 Å². The van der Waals surface area contributed by atoms with E-state index in [-0.39, 0.29) is 18.2 Å². The van der Waals surface area contributed by atoms with Crippen LogP contribution in [-0.2, 0) is 10.2 Å². The van der Waals surface area contributed by atoms with Gasteiger partial charge in [0.2, 0.25) is 0 Å². The minimum Gasteiger partial charge on any atom is -0.491 e. The molecule has 0 aromatic carbocycles. The first-order valence-electron chi connectivity index (χ1n) is 15.9. The number of anilines is 1. The zero-order chi connectivity index (χ0) is 30.0. The Hall–Kier alpha value is -3.28. The molecule has 0 amide bonds. The number of ether oxygens (including phenoxy) is 1. The van der Waals surface area contributed by atoms with Gasteiger partial charge in [-0.1, -0.05) is 0 Å². The Morgan fingerprint density at radius 2 is 1.77 bits per heavy atom. The second-order valence-corrected chi connectivity index (χ2v) is 14.8. The number of fused-ring (bicyclic) bond motifs is 5. The Balaban J connectivity index is 0.985. The second kappa shape index (κ2) is 11.0. The van der Waals surface area contributed by atoms with E-state index in [2.05, 4.69) is 21.0 Å². The standard InChI is InChI=1S/C31H38N8O4S/c32-15-22-17-34-38-20-28(43-10-9-37-23-4-5-24(37)13-27(40)12-23)14-29(31(22)38)21-3-6-30(33-16-21)35-18-25-11-26(19-35)39(25)44(41,42)36-7-1-2-8-36/h3,6,14,16-17,20,23-27,40H,1-2,4-5,7-13,18-19H2/t23-,24+,25?,26?,27+. The van der Waals surface area contributed by atoms with Crippen molar-refractivity contribution in [3.05, 3.63) is 42.4 Å². The molecular weight excluding hydrogens is 580 g/mol. The third kappa shape index (κ3) is 4.75. The largest absolute Gasteiger partial charge is 0.491 e. The van der Waals surface area contributed by atoms with E-state index in [1.165, 1.54) is 0 Å². The third-order valence-electron chi connectivity index (χ3n) is 10.4. The maximum atomic E-state index is 13.2. The van der Waals surface area contributed by atoms with E-state index in [0.717, 1.165) is 68.4 Å². The molecule has 0 aliphatic carbocycles. The number of piperidine rings is 2. The van der Waals surface area contributed by atoms with Crippen LogP contribution in [0.4, 0.5) is 5.82 Å². The average molecular weight is 619 g/mol. The molecule has 3 aromatic heterocycles. The normalized spacial score (nSPS) is 29.2. The van der Waals surface area contributed by atoms with Gasteiger partial charge in [0.1, 0.15) is 24.2 Å². The Kier molecular flexibility index (Phi) is 7.03. The van der Waals surface area contributed by atoms with Crippen LogP contribution < -0.4 is 9.64 Å². The highest BCUT2D eigenvalue weighted by atomic mass is 32.2. The molecule has 44 heavy (non-hydrogen) atoms. The number of hydrogen-bond acceptors (Lipinski definition) is 9. The Bertz CT molecular complexity index is 1670. The molecule has 6 saturated heterocycles. The number of aromatic nitrogens is 3. The van der Waals surface area contributed by atoms with Crippen molar-refractivity contribution in [1.29, 1.82) is 5.26 Å². The fraction of sp³-hybridized carbons (Fsp3) is 0.581. The van der Waals surface area contributed by atoms with Gasteiger partial charge < -0.3 is 14.7 Å². The molecule has 0 saturated carbocycles. The maximum Gasteiger partial charge on any atom is 0.282 e. The minimum absolute atomic E-state index is 0.0236. The van der Waals surface area contributed by atoms with Crippen molar-refractivity contribution < 1.29 is 18.3 Å². The Morgan fingerprint density at radius 1 is 1.02 bits per heavy atom. The molecule has 232 valence electrons. The molecule has 6 fully saturated rings. The smallest absolute Gasteiger partial charge is 0.282 e. The number of pyridine rings is 2. The van der Waals surface area contributed by atoms with Crippen LogP contribution in [0.15, 0.2) is 36.8 Å². The highest BCUT2D eigenvalue weighted by Crippen LogP contribution is 2.39. The summed E-state index contributed by atoms with van der Waals surface area (Å²) in [5.41, 5.74) is 2.86. The molecule has 6 aliphatic heterocycles. The molecule has 2 unspecified atom stereocenters. The van der Waals surface area contributed by atoms with Crippen LogP contribution in [0.5, 0.6) is 5.75 Å². The summed E-state index contributed by atoms with van der Waals surface area (Å²) >= 11 is 0. The molecule has 9 rings (SSSR count). The van der Waals surface area contributed by atoms with Gasteiger partial charge in [-0.05, 0) is 63.1 Å². The van der Waals surface area contributed by atoms with Gasteiger partial charge in [-0.15, -0.1) is 0 Å². The average Bonchev–Trinajstić information content (AvgIpc) is 3.76. The van der Waals surface area contributed by atoms with E-state index in [1.54, 1.807) is 19.3 Å². The van der Waals surface area contributed by atoms with Crippen LogP contribution in [0.1, 0.15) is 50.5 Å². The summed E-state index contributed by atoms with van der Waals surface area (Å²) < 4.78 is 37.7. The Labute approximate surface area is 257 Å². The van der Waals surface area contributed by atoms with E-state index in [9.17, 15) is 18.8 Å². The van der Waals surface area contributed by atoms with Gasteiger partial charge in [0.15, 0.2) is 0 Å². The number of aliphatic hydroxyl groups is 1. The SMILES string of the molecule is N#Cc1cnn2cc(OCCN3[C@@H]4CC[C@H]3C[C@@H](O)C4)cc(-c3ccc(N4CC5CC(C4)N5S(=O)(=O)N4CCCC4)nc3)c12. The molecule has 5 atom stereocenters. The van der Waals surface area contributed by atoms with Gasteiger partial charge in [-0.2, -0.15) is 27.4 Å². The second-order valence-electron chi connectivity index (χ2n) is 12.9. The summed E-state index contributed by atoms with van der Waals surface area (Å²) in [6, 6.07) is 9.02. The van der Waals surface area contributed by atoms with Gasteiger partial charge in [0.05, 0.1) is 29.6 Å². The van der Waals surface area contributed by atoms with E-state index >= 15 is 0 Å². The molecule has 12 nitrogen and oxygen atoms in total. The predicted molar refractivity (Wildman–Crippen MR) is 163 cm³/mol. The summed E-state index contributed by atoms with van der Waals surface area (Å²) in [7, 11) is -3.39. The molecule has 9 heterocycles. The highest BCUT2D eigenvalue weighted by molar-refractivity contribution is 7.86. The predicted octanol–water partition coefficient (Wildman–Crippen LogP) is 2.24. The molecule has 4 bridgehead atoms.